The Balaban J connectivity index is 1.14. The molecule has 0 radical (unpaired) electrons. The second-order valence-electron chi connectivity index (χ2n) is 12.5. The minimum absolute atomic E-state index is 0.0209. The molecular formula is C48H32N6. The molecule has 0 aliphatic rings. The summed E-state index contributed by atoms with van der Waals surface area (Å²) >= 11 is 0. The van der Waals surface area contributed by atoms with Crippen molar-refractivity contribution in [2.45, 2.75) is 0 Å². The zero-order valence-corrected chi connectivity index (χ0v) is 28.8. The lowest BCUT2D eigenvalue weighted by atomic mass is 10.00. The molecule has 9 aromatic rings. The highest BCUT2D eigenvalue weighted by Gasteiger charge is 2.16. The van der Waals surface area contributed by atoms with Gasteiger partial charge in [0.25, 0.3) is 0 Å². The van der Waals surface area contributed by atoms with Gasteiger partial charge in [-0.05, 0) is 40.5 Å². The van der Waals surface area contributed by atoms with Gasteiger partial charge in [0, 0.05) is 33.4 Å². The Morgan fingerprint density at radius 1 is 0.241 bits per heavy atom. The summed E-state index contributed by atoms with van der Waals surface area (Å²) in [6.45, 7) is 0. The van der Waals surface area contributed by atoms with Crippen LogP contribution in [0, 0.1) is 0 Å². The highest BCUT2D eigenvalue weighted by atomic mass is 15.0. The normalized spacial score (nSPS) is 12.3. The maximum Gasteiger partial charge on any atom is 0.164 e. The standard InChI is InChI=1S/C48H32N6/c1-5-16-33(17-6-1)37-24-13-27-40(30-37)47-52-45(36-22-11-4-12-23-36)53-48(54-47)42-29-15-26-39(32-42)38-25-14-28-41(31-38)46-50-43(34-18-7-2-8-19-34)49-44(51-46)35-20-9-3-10-21-35/h1-32H/i2D,7D,8D,18D,19D. The number of rotatable bonds is 8. The molecule has 0 fully saturated rings. The van der Waals surface area contributed by atoms with Gasteiger partial charge >= 0.3 is 0 Å². The van der Waals surface area contributed by atoms with Crippen LogP contribution >= 0.6 is 0 Å². The molecule has 2 heterocycles. The molecular weight excluding hydrogens is 661 g/mol. The third kappa shape index (κ3) is 6.92. The molecule has 0 amide bonds. The number of hydrogen-bond donors (Lipinski definition) is 0. The number of nitrogens with zero attached hydrogens (tertiary/aromatic N) is 6. The molecule has 0 saturated heterocycles. The Bertz CT molecular complexity index is 2970. The van der Waals surface area contributed by atoms with Crippen LogP contribution in [0.25, 0.3) is 90.6 Å². The summed E-state index contributed by atoms with van der Waals surface area (Å²) in [7, 11) is 0. The maximum atomic E-state index is 8.64. The Hall–Kier alpha value is -7.44. The predicted molar refractivity (Wildman–Crippen MR) is 217 cm³/mol. The van der Waals surface area contributed by atoms with Crippen molar-refractivity contribution in [2.24, 2.45) is 0 Å². The minimum Gasteiger partial charge on any atom is -0.208 e. The van der Waals surface area contributed by atoms with Crippen molar-refractivity contribution >= 4 is 0 Å². The number of aromatic nitrogens is 6. The van der Waals surface area contributed by atoms with Crippen LogP contribution in [-0.4, -0.2) is 29.9 Å². The number of hydrogen-bond acceptors (Lipinski definition) is 6. The molecule has 7 aromatic carbocycles. The summed E-state index contributed by atoms with van der Waals surface area (Å²) in [4.78, 5) is 29.1. The molecule has 0 aliphatic carbocycles. The van der Waals surface area contributed by atoms with Crippen LogP contribution in [0.15, 0.2) is 194 Å². The van der Waals surface area contributed by atoms with E-state index in [0.29, 0.717) is 34.4 Å². The van der Waals surface area contributed by atoms with Crippen LogP contribution in [0.1, 0.15) is 6.85 Å². The van der Waals surface area contributed by atoms with Gasteiger partial charge < -0.3 is 0 Å². The first-order valence-electron chi connectivity index (χ1n) is 19.9. The molecule has 0 spiro atoms. The van der Waals surface area contributed by atoms with E-state index < -0.39 is 30.2 Å². The zero-order valence-electron chi connectivity index (χ0n) is 33.8. The molecule has 0 saturated carbocycles. The Kier molecular flexibility index (Phi) is 7.40. The summed E-state index contributed by atoms with van der Waals surface area (Å²) in [5, 5.41) is 0. The summed E-state index contributed by atoms with van der Waals surface area (Å²) in [5.41, 5.74) is 7.68. The van der Waals surface area contributed by atoms with E-state index in [4.69, 9.17) is 31.8 Å². The lowest BCUT2D eigenvalue weighted by Gasteiger charge is -2.11. The van der Waals surface area contributed by atoms with E-state index in [-0.39, 0.29) is 17.2 Å². The van der Waals surface area contributed by atoms with Gasteiger partial charge in [-0.25, -0.2) is 29.9 Å². The van der Waals surface area contributed by atoms with Crippen LogP contribution in [0.2, 0.25) is 0 Å². The Labute approximate surface area is 320 Å². The van der Waals surface area contributed by atoms with Crippen molar-refractivity contribution in [2.75, 3.05) is 0 Å². The number of benzene rings is 7. The van der Waals surface area contributed by atoms with E-state index in [0.717, 1.165) is 38.9 Å². The molecule has 6 nitrogen and oxygen atoms in total. The summed E-state index contributed by atoms with van der Waals surface area (Å²) in [6.07, 6.45) is 0. The average Bonchev–Trinajstić information content (AvgIpc) is 3.31. The molecule has 0 unspecified atom stereocenters. The lowest BCUT2D eigenvalue weighted by molar-refractivity contribution is 1.07. The molecule has 2 aromatic heterocycles. The highest BCUT2D eigenvalue weighted by molar-refractivity contribution is 5.77. The molecule has 6 heteroatoms. The first kappa shape index (κ1) is 27.2. The Morgan fingerprint density at radius 2 is 0.519 bits per heavy atom. The van der Waals surface area contributed by atoms with Gasteiger partial charge in [0.2, 0.25) is 0 Å². The fourth-order valence-corrected chi connectivity index (χ4v) is 6.19. The zero-order chi connectivity index (χ0) is 40.5. The van der Waals surface area contributed by atoms with E-state index in [1.165, 1.54) is 0 Å². The van der Waals surface area contributed by atoms with Crippen molar-refractivity contribution in [3.63, 3.8) is 0 Å². The van der Waals surface area contributed by atoms with Gasteiger partial charge in [-0.3, -0.25) is 0 Å². The molecule has 0 aliphatic heterocycles. The highest BCUT2D eigenvalue weighted by Crippen LogP contribution is 2.32. The Morgan fingerprint density at radius 3 is 0.907 bits per heavy atom. The van der Waals surface area contributed by atoms with Crippen LogP contribution in [0.5, 0.6) is 0 Å². The van der Waals surface area contributed by atoms with Crippen molar-refractivity contribution in [3.8, 4) is 90.6 Å². The predicted octanol–water partition coefficient (Wildman–Crippen LogP) is 11.4. The van der Waals surface area contributed by atoms with Gasteiger partial charge in [-0.15, -0.1) is 0 Å². The minimum atomic E-state index is -0.488. The van der Waals surface area contributed by atoms with E-state index in [2.05, 4.69) is 29.2 Å². The van der Waals surface area contributed by atoms with Crippen molar-refractivity contribution in [1.82, 2.24) is 29.9 Å². The van der Waals surface area contributed by atoms with Crippen LogP contribution in [0.3, 0.4) is 0 Å². The lowest BCUT2D eigenvalue weighted by Crippen LogP contribution is -2.00. The first-order valence-corrected chi connectivity index (χ1v) is 17.4. The SMILES string of the molecule is [2H]c1c([2H])c([2H])c(-c2nc(-c3ccccc3)nc(-c3cccc(-c4cccc(-c5nc(-c6ccccc6)nc(-c6cccc(-c7ccccc7)c6)n5)c4)c3)n2)c([2H])c1[2H]. The topological polar surface area (TPSA) is 77.3 Å². The van der Waals surface area contributed by atoms with Gasteiger partial charge in [-0.2, -0.15) is 0 Å². The summed E-state index contributed by atoms with van der Waals surface area (Å²) in [6, 6.07) is 51.1. The van der Waals surface area contributed by atoms with Crippen molar-refractivity contribution < 1.29 is 6.85 Å². The molecule has 254 valence electrons. The van der Waals surface area contributed by atoms with Gasteiger partial charge in [0.1, 0.15) is 0 Å². The van der Waals surface area contributed by atoms with E-state index >= 15 is 0 Å². The van der Waals surface area contributed by atoms with Crippen LogP contribution < -0.4 is 0 Å². The third-order valence-electron chi connectivity index (χ3n) is 8.86. The van der Waals surface area contributed by atoms with Gasteiger partial charge in [-0.1, -0.05) is 176 Å². The van der Waals surface area contributed by atoms with Crippen molar-refractivity contribution in [1.29, 1.82) is 0 Å². The van der Waals surface area contributed by atoms with E-state index in [1.54, 1.807) is 0 Å². The molecule has 9 rings (SSSR count). The van der Waals surface area contributed by atoms with Crippen LogP contribution in [-0.2, 0) is 0 Å². The third-order valence-corrected chi connectivity index (χ3v) is 8.86. The molecule has 0 atom stereocenters. The summed E-state index contributed by atoms with van der Waals surface area (Å²) in [5.74, 6) is 2.20. The second-order valence-corrected chi connectivity index (χ2v) is 12.5. The summed E-state index contributed by atoms with van der Waals surface area (Å²) < 4.78 is 42.0. The fourth-order valence-electron chi connectivity index (χ4n) is 6.19. The quantitative estimate of drug-likeness (QED) is 0.157. The second kappa shape index (κ2) is 14.7. The largest absolute Gasteiger partial charge is 0.208 e. The smallest absolute Gasteiger partial charge is 0.164 e. The van der Waals surface area contributed by atoms with Crippen molar-refractivity contribution in [3.05, 3.63) is 194 Å². The van der Waals surface area contributed by atoms with Gasteiger partial charge in [0.05, 0.1) is 6.85 Å². The molecule has 0 N–H and O–H groups in total. The molecule has 0 bridgehead atoms. The first-order chi connectivity index (χ1) is 28.8. The molecule has 54 heavy (non-hydrogen) atoms. The van der Waals surface area contributed by atoms with Gasteiger partial charge in [0.15, 0.2) is 34.9 Å². The average molecular weight is 698 g/mol. The maximum absolute atomic E-state index is 8.64. The van der Waals surface area contributed by atoms with Crippen LogP contribution in [0.4, 0.5) is 0 Å². The fraction of sp³-hybridized carbons (Fsp3) is 0. The monoisotopic (exact) mass is 697 g/mol. The van der Waals surface area contributed by atoms with E-state index in [1.807, 2.05) is 140 Å². The van der Waals surface area contributed by atoms with E-state index in [9.17, 15) is 0 Å².